The average molecular weight is 269 g/mol. The maximum absolute atomic E-state index is 11.9. The van der Waals surface area contributed by atoms with Gasteiger partial charge in [-0.05, 0) is 51.6 Å². The van der Waals surface area contributed by atoms with Crippen LogP contribution >= 0.6 is 0 Å². The van der Waals surface area contributed by atoms with Crippen molar-refractivity contribution >= 4 is 5.91 Å². The molecule has 3 atom stereocenters. The van der Waals surface area contributed by atoms with Gasteiger partial charge in [-0.2, -0.15) is 0 Å². The topological polar surface area (TPSA) is 44.4 Å². The van der Waals surface area contributed by atoms with Crippen LogP contribution in [0.2, 0.25) is 0 Å². The van der Waals surface area contributed by atoms with Crippen LogP contribution in [0.25, 0.3) is 0 Å². The van der Waals surface area contributed by atoms with Crippen molar-refractivity contribution in [2.75, 3.05) is 27.2 Å². The van der Waals surface area contributed by atoms with Crippen molar-refractivity contribution in [3.05, 3.63) is 0 Å². The van der Waals surface area contributed by atoms with E-state index in [0.717, 1.165) is 13.0 Å². The molecule has 1 heterocycles. The third-order valence-electron chi connectivity index (χ3n) is 4.10. The van der Waals surface area contributed by atoms with E-state index in [1.807, 2.05) is 0 Å². The Hall–Kier alpha value is -0.610. The van der Waals surface area contributed by atoms with Crippen molar-refractivity contribution in [3.63, 3.8) is 0 Å². The van der Waals surface area contributed by atoms with Crippen molar-refractivity contribution in [2.24, 2.45) is 11.8 Å². The summed E-state index contributed by atoms with van der Waals surface area (Å²) in [4.78, 5) is 14.3. The maximum atomic E-state index is 11.9. The second-order valence-corrected chi connectivity index (χ2v) is 6.42. The Morgan fingerprint density at radius 2 is 2.05 bits per heavy atom. The van der Waals surface area contributed by atoms with Gasteiger partial charge in [0, 0.05) is 19.6 Å². The lowest BCUT2D eigenvalue weighted by Gasteiger charge is -2.35. The van der Waals surface area contributed by atoms with Gasteiger partial charge in [-0.15, -0.1) is 0 Å². The number of likely N-dealkylation sites (tertiary alicyclic amines) is 1. The fourth-order valence-electron chi connectivity index (χ4n) is 2.96. The molecule has 0 bridgehead atoms. The molecule has 19 heavy (non-hydrogen) atoms. The highest BCUT2D eigenvalue weighted by molar-refractivity contribution is 5.81. The van der Waals surface area contributed by atoms with Crippen molar-refractivity contribution in [1.29, 1.82) is 0 Å². The Morgan fingerprint density at radius 3 is 2.58 bits per heavy atom. The fourth-order valence-corrected chi connectivity index (χ4v) is 2.96. The minimum atomic E-state index is -0.0627. The molecule has 3 unspecified atom stereocenters. The third kappa shape index (κ3) is 5.49. The zero-order chi connectivity index (χ0) is 14.4. The lowest BCUT2D eigenvalue weighted by molar-refractivity contribution is -0.123. The summed E-state index contributed by atoms with van der Waals surface area (Å²) in [6.45, 7) is 8.89. The monoisotopic (exact) mass is 269 g/mol. The molecule has 1 saturated heterocycles. The molecule has 1 fully saturated rings. The molecule has 4 nitrogen and oxygen atoms in total. The van der Waals surface area contributed by atoms with E-state index in [1.165, 1.54) is 19.4 Å². The number of likely N-dealkylation sites (N-methyl/N-ethyl adjacent to an activating group) is 1. The van der Waals surface area contributed by atoms with Crippen molar-refractivity contribution in [2.45, 2.75) is 52.1 Å². The first kappa shape index (κ1) is 16.4. The van der Waals surface area contributed by atoms with Crippen LogP contribution in [0.3, 0.4) is 0 Å². The third-order valence-corrected chi connectivity index (χ3v) is 4.10. The summed E-state index contributed by atoms with van der Waals surface area (Å²) < 4.78 is 0. The molecule has 1 aliphatic heterocycles. The zero-order valence-corrected chi connectivity index (χ0v) is 13.2. The van der Waals surface area contributed by atoms with E-state index in [1.54, 1.807) is 7.05 Å². The standard InChI is InChI=1S/C15H31N3O/c1-11(2)9-14(15(19)16-4)17-12(3)13-7-6-8-18(5)10-13/h11-14,17H,6-10H2,1-5H3,(H,16,19). The molecule has 0 aromatic rings. The lowest BCUT2D eigenvalue weighted by atomic mass is 9.90. The summed E-state index contributed by atoms with van der Waals surface area (Å²) in [5.41, 5.74) is 0. The summed E-state index contributed by atoms with van der Waals surface area (Å²) in [5, 5.41) is 6.33. The predicted octanol–water partition coefficient (Wildman–Crippen LogP) is 1.47. The van der Waals surface area contributed by atoms with Crippen molar-refractivity contribution < 1.29 is 4.79 Å². The van der Waals surface area contributed by atoms with Crippen molar-refractivity contribution in [1.82, 2.24) is 15.5 Å². The van der Waals surface area contributed by atoms with E-state index in [0.29, 0.717) is 17.9 Å². The number of hydrogen-bond donors (Lipinski definition) is 2. The van der Waals surface area contributed by atoms with Crippen LogP contribution in [0.15, 0.2) is 0 Å². The van der Waals surface area contributed by atoms with Crippen molar-refractivity contribution in [3.8, 4) is 0 Å². The minimum absolute atomic E-state index is 0.0627. The van der Waals surface area contributed by atoms with Gasteiger partial charge in [-0.1, -0.05) is 13.8 Å². The molecule has 4 heteroatoms. The number of nitrogens with one attached hydrogen (secondary N) is 2. The van der Waals surface area contributed by atoms with Gasteiger partial charge < -0.3 is 15.5 Å². The first-order valence-electron chi connectivity index (χ1n) is 7.60. The molecule has 0 saturated carbocycles. The van der Waals surface area contributed by atoms with Crippen LogP contribution in [0.5, 0.6) is 0 Å². The smallest absolute Gasteiger partial charge is 0.236 e. The van der Waals surface area contributed by atoms with Crippen LogP contribution in [0.1, 0.15) is 40.0 Å². The van der Waals surface area contributed by atoms with E-state index in [2.05, 4.69) is 43.4 Å². The van der Waals surface area contributed by atoms with E-state index in [9.17, 15) is 4.79 Å². The van der Waals surface area contributed by atoms with Crippen LogP contribution in [-0.4, -0.2) is 50.1 Å². The molecular weight excluding hydrogens is 238 g/mol. The second-order valence-electron chi connectivity index (χ2n) is 6.42. The van der Waals surface area contributed by atoms with Crippen LogP contribution in [0.4, 0.5) is 0 Å². The molecule has 0 aromatic heterocycles. The molecule has 112 valence electrons. The number of hydrogen-bond acceptors (Lipinski definition) is 3. The molecule has 1 amide bonds. The van der Waals surface area contributed by atoms with E-state index >= 15 is 0 Å². The fraction of sp³-hybridized carbons (Fsp3) is 0.933. The summed E-state index contributed by atoms with van der Waals surface area (Å²) in [6.07, 6.45) is 3.43. The first-order chi connectivity index (χ1) is 8.93. The van der Waals surface area contributed by atoms with Gasteiger partial charge in [-0.25, -0.2) is 0 Å². The highest BCUT2D eigenvalue weighted by Crippen LogP contribution is 2.19. The Labute approximate surface area is 118 Å². The molecule has 2 N–H and O–H groups in total. The number of carbonyl (C=O) groups is 1. The minimum Gasteiger partial charge on any atom is -0.358 e. The largest absolute Gasteiger partial charge is 0.358 e. The van der Waals surface area contributed by atoms with Gasteiger partial charge in [0.15, 0.2) is 0 Å². The second kappa shape index (κ2) is 7.85. The number of carbonyl (C=O) groups excluding carboxylic acids is 1. The van der Waals surface area contributed by atoms with Gasteiger partial charge in [0.25, 0.3) is 0 Å². The highest BCUT2D eigenvalue weighted by atomic mass is 16.2. The number of amides is 1. The molecule has 0 aliphatic carbocycles. The molecule has 1 rings (SSSR count). The molecule has 0 aromatic carbocycles. The van der Waals surface area contributed by atoms with Gasteiger partial charge in [0.1, 0.15) is 0 Å². The predicted molar refractivity (Wildman–Crippen MR) is 80.1 cm³/mol. The molecular formula is C15H31N3O. The van der Waals surface area contributed by atoms with Crippen LogP contribution < -0.4 is 10.6 Å². The van der Waals surface area contributed by atoms with Crippen LogP contribution in [0, 0.1) is 11.8 Å². The van der Waals surface area contributed by atoms with E-state index in [-0.39, 0.29) is 11.9 Å². The number of rotatable bonds is 6. The normalized spacial score (nSPS) is 24.2. The molecule has 0 spiro atoms. The lowest BCUT2D eigenvalue weighted by Crippen LogP contribution is -2.51. The maximum Gasteiger partial charge on any atom is 0.236 e. The molecule has 1 aliphatic rings. The number of nitrogens with zero attached hydrogens (tertiary/aromatic N) is 1. The zero-order valence-electron chi connectivity index (χ0n) is 13.2. The Balaban J connectivity index is 2.54. The van der Waals surface area contributed by atoms with Gasteiger partial charge >= 0.3 is 0 Å². The Kier molecular flexibility index (Phi) is 6.80. The summed E-state index contributed by atoms with van der Waals surface area (Å²) in [6, 6.07) is 0.330. The van der Waals surface area contributed by atoms with Gasteiger partial charge in [0.2, 0.25) is 5.91 Å². The van der Waals surface area contributed by atoms with Gasteiger partial charge in [0.05, 0.1) is 6.04 Å². The SMILES string of the molecule is CNC(=O)C(CC(C)C)NC(C)C1CCCN(C)C1. The summed E-state index contributed by atoms with van der Waals surface area (Å²) in [7, 11) is 3.90. The Bertz CT molecular complexity index is 281. The Morgan fingerprint density at radius 1 is 1.37 bits per heavy atom. The number of piperidine rings is 1. The first-order valence-corrected chi connectivity index (χ1v) is 7.60. The summed E-state index contributed by atoms with van der Waals surface area (Å²) >= 11 is 0. The van der Waals surface area contributed by atoms with E-state index < -0.39 is 0 Å². The van der Waals surface area contributed by atoms with Gasteiger partial charge in [-0.3, -0.25) is 4.79 Å². The quantitative estimate of drug-likeness (QED) is 0.767. The summed E-state index contributed by atoms with van der Waals surface area (Å²) in [5.74, 6) is 1.29. The van der Waals surface area contributed by atoms with Crippen LogP contribution in [-0.2, 0) is 4.79 Å². The molecule has 0 radical (unpaired) electrons. The van der Waals surface area contributed by atoms with E-state index in [4.69, 9.17) is 0 Å². The average Bonchev–Trinajstić information content (AvgIpc) is 2.36. The highest BCUT2D eigenvalue weighted by Gasteiger charge is 2.27.